The van der Waals surface area contributed by atoms with Crippen LogP contribution in [0.1, 0.15) is 11.1 Å². The van der Waals surface area contributed by atoms with Crippen LogP contribution in [0.3, 0.4) is 0 Å². The van der Waals surface area contributed by atoms with E-state index in [0.29, 0.717) is 19.5 Å². The number of nitrogens with two attached hydrogens (primary N) is 1. The van der Waals surface area contributed by atoms with Crippen LogP contribution >= 0.6 is 0 Å². The Morgan fingerprint density at radius 1 is 1.35 bits per heavy atom. The number of sulfonamides is 1. The topological polar surface area (TPSA) is 86.5 Å². The van der Waals surface area contributed by atoms with E-state index in [1.807, 2.05) is 0 Å². The maximum absolute atomic E-state index is 11.2. The summed E-state index contributed by atoms with van der Waals surface area (Å²) in [7, 11) is -3.65. The monoisotopic (exact) mass is 255 g/mol. The van der Waals surface area contributed by atoms with Crippen molar-refractivity contribution in [3.8, 4) is 0 Å². The van der Waals surface area contributed by atoms with Crippen molar-refractivity contribution in [2.24, 2.45) is 11.1 Å². The summed E-state index contributed by atoms with van der Waals surface area (Å²) in [6.07, 6.45) is 1.51. The zero-order chi connectivity index (χ0) is 12.5. The number of ether oxygens (including phenoxy) is 1. The number of hydrogen-bond acceptors (Lipinski definition) is 4. The van der Waals surface area contributed by atoms with Crippen molar-refractivity contribution >= 4 is 16.5 Å². The molecular weight excluding hydrogens is 242 g/mol. The average molecular weight is 255 g/mol. The van der Waals surface area contributed by atoms with Crippen LogP contribution in [0, 0.1) is 5.92 Å². The van der Waals surface area contributed by atoms with Gasteiger partial charge in [0.2, 0.25) is 10.0 Å². The van der Waals surface area contributed by atoms with Crippen molar-refractivity contribution in [1.82, 2.24) is 0 Å². The maximum Gasteiger partial charge on any atom is 0.293 e. The summed E-state index contributed by atoms with van der Waals surface area (Å²) in [5, 5.41) is 5.07. The summed E-state index contributed by atoms with van der Waals surface area (Å²) in [6.45, 7) is 0.793. The van der Waals surface area contributed by atoms with E-state index >= 15 is 0 Å². The molecule has 0 amide bonds. The van der Waals surface area contributed by atoms with E-state index in [9.17, 15) is 13.2 Å². The lowest BCUT2D eigenvalue weighted by Crippen LogP contribution is -2.12. The maximum atomic E-state index is 11.2. The van der Waals surface area contributed by atoms with Gasteiger partial charge in [0.05, 0.1) is 11.5 Å². The molecule has 0 radical (unpaired) electrons. The van der Waals surface area contributed by atoms with Gasteiger partial charge in [-0.05, 0) is 36.1 Å². The SMILES string of the molecule is NS(=O)(=O)c1ccc2c(c1)CC(COC=O)C2. The summed E-state index contributed by atoms with van der Waals surface area (Å²) in [6, 6.07) is 4.89. The van der Waals surface area contributed by atoms with Crippen LogP contribution in [0.2, 0.25) is 0 Å². The Morgan fingerprint density at radius 2 is 2.06 bits per heavy atom. The Hall–Kier alpha value is -1.40. The van der Waals surface area contributed by atoms with Gasteiger partial charge in [0.25, 0.3) is 6.47 Å². The fraction of sp³-hybridized carbons (Fsp3) is 0.364. The predicted octanol–water partition coefficient (Wildman–Crippen LogP) is 0.222. The zero-order valence-corrected chi connectivity index (χ0v) is 9.94. The van der Waals surface area contributed by atoms with Crippen molar-refractivity contribution < 1.29 is 17.9 Å². The predicted molar refractivity (Wildman–Crippen MR) is 60.7 cm³/mol. The van der Waals surface area contributed by atoms with E-state index in [0.717, 1.165) is 17.5 Å². The zero-order valence-electron chi connectivity index (χ0n) is 9.13. The van der Waals surface area contributed by atoms with Crippen molar-refractivity contribution in [2.45, 2.75) is 17.7 Å². The second-order valence-electron chi connectivity index (χ2n) is 4.18. The third-order valence-corrected chi connectivity index (χ3v) is 3.83. The van der Waals surface area contributed by atoms with E-state index in [1.165, 1.54) is 6.07 Å². The van der Waals surface area contributed by atoms with Crippen LogP contribution in [-0.4, -0.2) is 21.5 Å². The van der Waals surface area contributed by atoms with Crippen LogP contribution < -0.4 is 5.14 Å². The van der Waals surface area contributed by atoms with Gasteiger partial charge < -0.3 is 4.74 Å². The van der Waals surface area contributed by atoms with Gasteiger partial charge in [-0.25, -0.2) is 13.6 Å². The molecule has 1 aliphatic rings. The van der Waals surface area contributed by atoms with Crippen LogP contribution in [-0.2, 0) is 32.4 Å². The first-order chi connectivity index (χ1) is 8.00. The summed E-state index contributed by atoms with van der Waals surface area (Å²) >= 11 is 0. The minimum atomic E-state index is -3.65. The first-order valence-electron chi connectivity index (χ1n) is 5.20. The third-order valence-electron chi connectivity index (χ3n) is 2.92. The molecular formula is C11H13NO4S. The van der Waals surface area contributed by atoms with E-state index in [2.05, 4.69) is 0 Å². The molecule has 1 aromatic carbocycles. The quantitative estimate of drug-likeness (QED) is 0.780. The molecule has 17 heavy (non-hydrogen) atoms. The van der Waals surface area contributed by atoms with Crippen LogP contribution in [0.4, 0.5) is 0 Å². The first kappa shape index (κ1) is 12.1. The molecule has 2 N–H and O–H groups in total. The number of carbonyl (C=O) groups excluding carboxylic acids is 1. The number of carbonyl (C=O) groups is 1. The summed E-state index contributed by atoms with van der Waals surface area (Å²) in [4.78, 5) is 10.2. The fourth-order valence-corrected chi connectivity index (χ4v) is 2.72. The standard InChI is InChI=1S/C11H13NO4S/c12-17(14,15)11-2-1-9-3-8(6-16-7-13)4-10(9)5-11/h1-2,5,7-8H,3-4,6H2,(H2,12,14,15). The fourth-order valence-electron chi connectivity index (χ4n) is 2.16. The smallest absolute Gasteiger partial charge is 0.293 e. The summed E-state index contributed by atoms with van der Waals surface area (Å²) < 4.78 is 27.1. The van der Waals surface area contributed by atoms with Crippen LogP contribution in [0.25, 0.3) is 0 Å². The molecule has 1 unspecified atom stereocenters. The normalized spacial score (nSPS) is 18.8. The second kappa shape index (κ2) is 4.46. The Kier molecular flexibility index (Phi) is 3.17. The van der Waals surface area contributed by atoms with Gasteiger partial charge in [0, 0.05) is 5.92 Å². The molecule has 0 aromatic heterocycles. The van der Waals surface area contributed by atoms with Gasteiger partial charge in [0.1, 0.15) is 0 Å². The Labute approximate surface area is 99.6 Å². The van der Waals surface area contributed by atoms with Gasteiger partial charge in [-0.2, -0.15) is 0 Å². The number of rotatable bonds is 4. The molecule has 5 nitrogen and oxygen atoms in total. The number of hydrogen-bond donors (Lipinski definition) is 1. The molecule has 0 aliphatic heterocycles. The number of primary sulfonamides is 1. The molecule has 0 fully saturated rings. The molecule has 0 spiro atoms. The molecule has 1 atom stereocenters. The second-order valence-corrected chi connectivity index (χ2v) is 5.74. The van der Waals surface area contributed by atoms with E-state index in [4.69, 9.17) is 9.88 Å². The van der Waals surface area contributed by atoms with Crippen LogP contribution in [0.15, 0.2) is 23.1 Å². The Bertz CT molecular complexity index is 538. The lowest BCUT2D eigenvalue weighted by molar-refractivity contribution is -0.129. The minimum Gasteiger partial charge on any atom is -0.468 e. The van der Waals surface area contributed by atoms with Gasteiger partial charge in [-0.15, -0.1) is 0 Å². The van der Waals surface area contributed by atoms with Crippen LogP contribution in [0.5, 0.6) is 0 Å². The largest absolute Gasteiger partial charge is 0.468 e. The van der Waals surface area contributed by atoms with Gasteiger partial charge in [0.15, 0.2) is 0 Å². The molecule has 2 rings (SSSR count). The molecule has 92 valence electrons. The molecule has 6 heteroatoms. The average Bonchev–Trinajstić information content (AvgIpc) is 2.66. The Morgan fingerprint density at radius 3 is 2.71 bits per heavy atom. The van der Waals surface area contributed by atoms with Gasteiger partial charge >= 0.3 is 0 Å². The highest BCUT2D eigenvalue weighted by molar-refractivity contribution is 7.89. The van der Waals surface area contributed by atoms with Crippen molar-refractivity contribution in [2.75, 3.05) is 6.61 Å². The lowest BCUT2D eigenvalue weighted by atomic mass is 10.1. The molecule has 0 saturated heterocycles. The number of fused-ring (bicyclic) bond motifs is 1. The summed E-state index contributed by atoms with van der Waals surface area (Å²) in [5.41, 5.74) is 2.06. The van der Waals surface area contributed by atoms with E-state index in [1.54, 1.807) is 12.1 Å². The molecule has 0 saturated carbocycles. The van der Waals surface area contributed by atoms with Gasteiger partial charge in [-0.3, -0.25) is 4.79 Å². The first-order valence-corrected chi connectivity index (χ1v) is 6.75. The molecule has 1 aliphatic carbocycles. The Balaban J connectivity index is 2.19. The molecule has 0 bridgehead atoms. The summed E-state index contributed by atoms with van der Waals surface area (Å²) in [5.74, 6) is 0.228. The highest BCUT2D eigenvalue weighted by Crippen LogP contribution is 2.28. The van der Waals surface area contributed by atoms with E-state index in [-0.39, 0.29) is 10.8 Å². The van der Waals surface area contributed by atoms with Crippen molar-refractivity contribution in [3.63, 3.8) is 0 Å². The third kappa shape index (κ3) is 2.65. The highest BCUT2D eigenvalue weighted by atomic mass is 32.2. The molecule has 0 heterocycles. The van der Waals surface area contributed by atoms with Gasteiger partial charge in [-0.1, -0.05) is 6.07 Å². The molecule has 1 aromatic rings. The van der Waals surface area contributed by atoms with Crippen molar-refractivity contribution in [1.29, 1.82) is 0 Å². The number of benzene rings is 1. The minimum absolute atomic E-state index is 0.133. The highest BCUT2D eigenvalue weighted by Gasteiger charge is 2.23. The van der Waals surface area contributed by atoms with Crippen molar-refractivity contribution in [3.05, 3.63) is 29.3 Å². The van der Waals surface area contributed by atoms with E-state index < -0.39 is 10.0 Å². The lowest BCUT2D eigenvalue weighted by Gasteiger charge is -2.05.